The van der Waals surface area contributed by atoms with E-state index in [9.17, 15) is 4.79 Å². The van der Waals surface area contributed by atoms with E-state index in [1.807, 2.05) is 24.3 Å². The van der Waals surface area contributed by atoms with Crippen molar-refractivity contribution in [1.82, 2.24) is 10.2 Å². The number of nitrogens with two attached hydrogens (primary N) is 1. The molecule has 0 unspecified atom stereocenters. The fraction of sp³-hybridized carbons (Fsp3) is 0.632. The summed E-state index contributed by atoms with van der Waals surface area (Å²) in [5.74, 6) is 0.167. The molecule has 2 fully saturated rings. The molecule has 25 heavy (non-hydrogen) atoms. The molecule has 3 atom stereocenters. The number of nitrogens with zero attached hydrogens (tertiary/aromatic N) is 1. The van der Waals surface area contributed by atoms with Gasteiger partial charge in [-0.25, -0.2) is 0 Å². The van der Waals surface area contributed by atoms with Gasteiger partial charge in [-0.2, -0.15) is 0 Å². The van der Waals surface area contributed by atoms with Gasteiger partial charge >= 0.3 is 0 Å². The van der Waals surface area contributed by atoms with Gasteiger partial charge in [-0.1, -0.05) is 36.2 Å². The number of hydrogen-bond donors (Lipinski definition) is 2. The minimum absolute atomic E-state index is 0.0420. The highest BCUT2D eigenvalue weighted by molar-refractivity contribution is 6.31. The van der Waals surface area contributed by atoms with Crippen LogP contribution in [0.2, 0.25) is 5.02 Å². The lowest BCUT2D eigenvalue weighted by atomic mass is 9.85. The van der Waals surface area contributed by atoms with Crippen LogP contribution in [0.25, 0.3) is 0 Å². The summed E-state index contributed by atoms with van der Waals surface area (Å²) in [6, 6.07) is 8.11. The summed E-state index contributed by atoms with van der Waals surface area (Å²) < 4.78 is 5.47. The molecular weight excluding hydrogens is 338 g/mol. The van der Waals surface area contributed by atoms with Gasteiger partial charge in [0.05, 0.1) is 19.3 Å². The lowest BCUT2D eigenvalue weighted by Crippen LogP contribution is -2.45. The third kappa shape index (κ3) is 4.94. The minimum Gasteiger partial charge on any atom is -0.379 e. The predicted molar refractivity (Wildman–Crippen MR) is 99.5 cm³/mol. The maximum atomic E-state index is 12.6. The quantitative estimate of drug-likeness (QED) is 0.840. The van der Waals surface area contributed by atoms with Gasteiger partial charge in [0.15, 0.2) is 0 Å². The Hall–Kier alpha value is -1.14. The van der Waals surface area contributed by atoms with E-state index in [0.29, 0.717) is 19.8 Å². The molecule has 3 N–H and O–H groups in total. The predicted octanol–water partition coefficient (Wildman–Crippen LogP) is 2.35. The van der Waals surface area contributed by atoms with E-state index in [2.05, 4.69) is 10.2 Å². The molecule has 1 saturated heterocycles. The van der Waals surface area contributed by atoms with Gasteiger partial charge in [0.2, 0.25) is 5.91 Å². The number of benzene rings is 1. The Morgan fingerprint density at radius 3 is 2.80 bits per heavy atom. The van der Waals surface area contributed by atoms with Crippen molar-refractivity contribution in [3.63, 3.8) is 0 Å². The number of ether oxygens (including phenoxy) is 1. The topological polar surface area (TPSA) is 67.6 Å². The van der Waals surface area contributed by atoms with Crippen LogP contribution < -0.4 is 11.1 Å². The SMILES string of the molecule is N[C@@H]1CCC[C@H](C(=O)NC[C@H](c2ccccc2Cl)N2CCOCC2)C1. The van der Waals surface area contributed by atoms with E-state index >= 15 is 0 Å². The minimum atomic E-state index is 0.0420. The molecule has 1 amide bonds. The first-order valence-electron chi connectivity index (χ1n) is 9.24. The molecule has 3 rings (SSSR count). The van der Waals surface area contributed by atoms with Crippen LogP contribution in [0, 0.1) is 5.92 Å². The molecule has 1 heterocycles. The zero-order chi connectivity index (χ0) is 17.6. The highest BCUT2D eigenvalue weighted by Gasteiger charge is 2.28. The normalized spacial score (nSPS) is 26.2. The van der Waals surface area contributed by atoms with Gasteiger partial charge in [-0.05, 0) is 30.9 Å². The van der Waals surface area contributed by atoms with Crippen molar-refractivity contribution in [2.24, 2.45) is 11.7 Å². The number of rotatable bonds is 5. The van der Waals surface area contributed by atoms with Crippen LogP contribution in [0.15, 0.2) is 24.3 Å². The third-order valence-electron chi connectivity index (χ3n) is 5.31. The van der Waals surface area contributed by atoms with Crippen LogP contribution in [-0.4, -0.2) is 49.7 Å². The van der Waals surface area contributed by atoms with Crippen molar-refractivity contribution < 1.29 is 9.53 Å². The zero-order valence-electron chi connectivity index (χ0n) is 14.6. The summed E-state index contributed by atoms with van der Waals surface area (Å²) in [6.45, 7) is 3.69. The molecule has 0 radical (unpaired) electrons. The molecule has 1 aliphatic heterocycles. The number of carbonyl (C=O) groups excluding carboxylic acids is 1. The Morgan fingerprint density at radius 2 is 2.08 bits per heavy atom. The smallest absolute Gasteiger partial charge is 0.223 e. The van der Waals surface area contributed by atoms with E-state index in [1.165, 1.54) is 0 Å². The van der Waals surface area contributed by atoms with Crippen LogP contribution in [0.3, 0.4) is 0 Å². The summed E-state index contributed by atoms with van der Waals surface area (Å²) >= 11 is 6.43. The van der Waals surface area contributed by atoms with Crippen LogP contribution >= 0.6 is 11.6 Å². The van der Waals surface area contributed by atoms with Crippen molar-refractivity contribution in [2.45, 2.75) is 37.8 Å². The molecule has 1 aromatic rings. The van der Waals surface area contributed by atoms with Gasteiger partial charge in [-0.3, -0.25) is 9.69 Å². The Bertz CT molecular complexity index is 578. The summed E-state index contributed by atoms with van der Waals surface area (Å²) in [5, 5.41) is 3.90. The van der Waals surface area contributed by atoms with Gasteiger partial charge in [-0.15, -0.1) is 0 Å². The standard InChI is InChI=1S/C19H28ClN3O2/c20-17-7-2-1-6-16(17)18(23-8-10-25-11-9-23)13-22-19(24)14-4-3-5-15(21)12-14/h1-2,6-7,14-15,18H,3-5,8-13,21H2,(H,22,24)/t14-,15+,18+/m0/s1. The van der Waals surface area contributed by atoms with Crippen molar-refractivity contribution >= 4 is 17.5 Å². The molecule has 1 aliphatic carbocycles. The van der Waals surface area contributed by atoms with E-state index < -0.39 is 0 Å². The molecule has 0 bridgehead atoms. The largest absolute Gasteiger partial charge is 0.379 e. The zero-order valence-corrected chi connectivity index (χ0v) is 15.4. The molecule has 138 valence electrons. The summed E-state index contributed by atoms with van der Waals surface area (Å²) in [4.78, 5) is 14.9. The van der Waals surface area contributed by atoms with Crippen molar-refractivity contribution in [3.05, 3.63) is 34.9 Å². The second kappa shape index (κ2) is 8.99. The van der Waals surface area contributed by atoms with Crippen molar-refractivity contribution in [2.75, 3.05) is 32.8 Å². The maximum absolute atomic E-state index is 12.6. The van der Waals surface area contributed by atoms with Gasteiger partial charge in [0.25, 0.3) is 0 Å². The third-order valence-corrected chi connectivity index (χ3v) is 5.65. The first-order valence-corrected chi connectivity index (χ1v) is 9.62. The second-order valence-electron chi connectivity index (χ2n) is 7.05. The van der Waals surface area contributed by atoms with E-state index in [0.717, 1.165) is 49.4 Å². The second-order valence-corrected chi connectivity index (χ2v) is 7.46. The molecule has 2 aliphatic rings. The van der Waals surface area contributed by atoms with Crippen LogP contribution in [0.4, 0.5) is 0 Å². The number of amides is 1. The summed E-state index contributed by atoms with van der Waals surface area (Å²) in [7, 11) is 0. The average molecular weight is 366 g/mol. The first kappa shape index (κ1) is 18.6. The Labute approximate surface area is 154 Å². The summed E-state index contributed by atoms with van der Waals surface area (Å²) in [5.41, 5.74) is 7.09. The van der Waals surface area contributed by atoms with Crippen LogP contribution in [0.5, 0.6) is 0 Å². The average Bonchev–Trinajstić information content (AvgIpc) is 2.64. The van der Waals surface area contributed by atoms with Gasteiger partial charge in [0, 0.05) is 36.6 Å². The van der Waals surface area contributed by atoms with Crippen LogP contribution in [-0.2, 0) is 9.53 Å². The number of nitrogens with one attached hydrogen (secondary N) is 1. The number of morpholine rings is 1. The Kier molecular flexibility index (Phi) is 6.70. The van der Waals surface area contributed by atoms with E-state index in [4.69, 9.17) is 22.1 Å². The highest BCUT2D eigenvalue weighted by Crippen LogP contribution is 2.28. The van der Waals surface area contributed by atoms with E-state index in [1.54, 1.807) is 0 Å². The van der Waals surface area contributed by atoms with E-state index in [-0.39, 0.29) is 23.9 Å². The van der Waals surface area contributed by atoms with Crippen molar-refractivity contribution in [1.29, 1.82) is 0 Å². The highest BCUT2D eigenvalue weighted by atomic mass is 35.5. The number of hydrogen-bond acceptors (Lipinski definition) is 4. The molecule has 0 aromatic heterocycles. The molecule has 1 saturated carbocycles. The Balaban J connectivity index is 1.67. The molecule has 6 heteroatoms. The number of carbonyl (C=O) groups is 1. The molecule has 0 spiro atoms. The Morgan fingerprint density at radius 1 is 1.32 bits per heavy atom. The fourth-order valence-corrected chi connectivity index (χ4v) is 4.14. The van der Waals surface area contributed by atoms with Gasteiger partial charge in [0.1, 0.15) is 0 Å². The fourth-order valence-electron chi connectivity index (χ4n) is 3.88. The van der Waals surface area contributed by atoms with Crippen molar-refractivity contribution in [3.8, 4) is 0 Å². The molecule has 5 nitrogen and oxygen atoms in total. The maximum Gasteiger partial charge on any atom is 0.223 e. The first-order chi connectivity index (χ1) is 12.1. The number of halogens is 1. The van der Waals surface area contributed by atoms with Gasteiger partial charge < -0.3 is 15.8 Å². The lowest BCUT2D eigenvalue weighted by Gasteiger charge is -2.35. The monoisotopic (exact) mass is 365 g/mol. The van der Waals surface area contributed by atoms with Crippen LogP contribution in [0.1, 0.15) is 37.3 Å². The summed E-state index contributed by atoms with van der Waals surface area (Å²) in [6.07, 6.45) is 3.80. The molecule has 1 aromatic carbocycles. The lowest BCUT2D eigenvalue weighted by molar-refractivity contribution is -0.126. The molecular formula is C19H28ClN3O2.